The second kappa shape index (κ2) is 6.58. The third-order valence-corrected chi connectivity index (χ3v) is 4.79. The first-order valence-corrected chi connectivity index (χ1v) is 9.08. The number of aromatic nitrogens is 1. The number of para-hydroxylation sites is 3. The van der Waals surface area contributed by atoms with Gasteiger partial charge in [0, 0.05) is 27.8 Å². The van der Waals surface area contributed by atoms with E-state index in [1.54, 1.807) is 0 Å². The lowest BCUT2D eigenvalue weighted by Crippen LogP contribution is -2.09. The van der Waals surface area contributed by atoms with Gasteiger partial charge < -0.3 is 4.90 Å². The topological polar surface area (TPSA) is 16.1 Å². The first-order valence-electron chi connectivity index (χ1n) is 9.08. The number of fused-ring (bicyclic) bond motifs is 2. The van der Waals surface area contributed by atoms with Gasteiger partial charge in [0.15, 0.2) is 0 Å². The van der Waals surface area contributed by atoms with Crippen LogP contribution in [-0.4, -0.2) is 4.98 Å². The van der Waals surface area contributed by atoms with Gasteiger partial charge in [-0.1, -0.05) is 60.7 Å². The summed E-state index contributed by atoms with van der Waals surface area (Å²) in [4.78, 5) is 7.14. The molecule has 0 fully saturated rings. The van der Waals surface area contributed by atoms with Crippen LogP contribution in [0, 0.1) is 0 Å². The van der Waals surface area contributed by atoms with E-state index in [9.17, 15) is 0 Å². The number of anilines is 3. The normalized spacial score (nSPS) is 11.0. The quantitative estimate of drug-likeness (QED) is 0.332. The fourth-order valence-corrected chi connectivity index (χ4v) is 3.50. The molecule has 0 aliphatic carbocycles. The van der Waals surface area contributed by atoms with Crippen LogP contribution in [0.5, 0.6) is 0 Å². The predicted molar refractivity (Wildman–Crippen MR) is 114 cm³/mol. The Morgan fingerprint density at radius 3 is 1.74 bits per heavy atom. The molecule has 0 bridgehead atoms. The number of pyridine rings is 1. The van der Waals surface area contributed by atoms with Gasteiger partial charge in [-0.05, 0) is 48.5 Å². The van der Waals surface area contributed by atoms with Crippen molar-refractivity contribution in [1.29, 1.82) is 0 Å². The zero-order valence-corrected chi connectivity index (χ0v) is 14.8. The average Bonchev–Trinajstić information content (AvgIpc) is 2.74. The van der Waals surface area contributed by atoms with Gasteiger partial charge in [0.05, 0.1) is 11.0 Å². The van der Waals surface area contributed by atoms with E-state index in [0.29, 0.717) is 0 Å². The fourth-order valence-electron chi connectivity index (χ4n) is 3.50. The number of benzene rings is 4. The lowest BCUT2D eigenvalue weighted by molar-refractivity contribution is 1.28. The SMILES string of the molecule is c1ccc(N(c2ccccc2)c2ccc3cc4ccccc4nc3c2)cc1. The van der Waals surface area contributed by atoms with Gasteiger partial charge in [-0.15, -0.1) is 0 Å². The maximum atomic E-state index is 4.88. The Morgan fingerprint density at radius 2 is 1.04 bits per heavy atom. The van der Waals surface area contributed by atoms with Crippen LogP contribution in [0.1, 0.15) is 0 Å². The van der Waals surface area contributed by atoms with Crippen LogP contribution in [0.2, 0.25) is 0 Å². The molecule has 0 saturated heterocycles. The third kappa shape index (κ3) is 2.91. The zero-order chi connectivity index (χ0) is 18.1. The van der Waals surface area contributed by atoms with Crippen molar-refractivity contribution >= 4 is 38.9 Å². The van der Waals surface area contributed by atoms with Crippen LogP contribution in [0.15, 0.2) is 109 Å². The molecule has 2 nitrogen and oxygen atoms in total. The molecule has 0 spiro atoms. The minimum absolute atomic E-state index is 1.00. The second-order valence-corrected chi connectivity index (χ2v) is 6.56. The molecule has 2 heteroatoms. The first-order chi connectivity index (χ1) is 13.4. The summed E-state index contributed by atoms with van der Waals surface area (Å²) in [7, 11) is 0. The smallest absolute Gasteiger partial charge is 0.0730 e. The molecule has 0 amide bonds. The van der Waals surface area contributed by atoms with Crippen molar-refractivity contribution in [1.82, 2.24) is 4.98 Å². The molecule has 128 valence electrons. The van der Waals surface area contributed by atoms with Gasteiger partial charge in [0.1, 0.15) is 0 Å². The van der Waals surface area contributed by atoms with E-state index in [2.05, 4.69) is 95.9 Å². The Bertz CT molecular complexity index is 1170. The lowest BCUT2D eigenvalue weighted by Gasteiger charge is -2.25. The van der Waals surface area contributed by atoms with Crippen LogP contribution in [0.25, 0.3) is 21.8 Å². The molecule has 0 radical (unpaired) electrons. The van der Waals surface area contributed by atoms with Crippen LogP contribution in [0.3, 0.4) is 0 Å². The molecule has 0 unspecified atom stereocenters. The van der Waals surface area contributed by atoms with Gasteiger partial charge in [-0.3, -0.25) is 0 Å². The summed E-state index contributed by atoms with van der Waals surface area (Å²) in [6.07, 6.45) is 0. The maximum absolute atomic E-state index is 4.88. The van der Waals surface area contributed by atoms with E-state index >= 15 is 0 Å². The van der Waals surface area contributed by atoms with Crippen LogP contribution in [0.4, 0.5) is 17.1 Å². The standard InChI is InChI=1S/C25H18N2/c1-3-10-21(11-4-1)27(22-12-5-2-6-13-22)23-16-15-20-17-19-9-7-8-14-24(19)26-25(20)18-23/h1-18H. The molecule has 0 atom stereocenters. The lowest BCUT2D eigenvalue weighted by atomic mass is 10.1. The van der Waals surface area contributed by atoms with Gasteiger partial charge in [-0.2, -0.15) is 0 Å². The largest absolute Gasteiger partial charge is 0.310 e. The van der Waals surface area contributed by atoms with Crippen molar-refractivity contribution in [2.45, 2.75) is 0 Å². The fraction of sp³-hybridized carbons (Fsp3) is 0. The summed E-state index contributed by atoms with van der Waals surface area (Å²) in [6.45, 7) is 0. The van der Waals surface area contributed by atoms with Gasteiger partial charge in [0.25, 0.3) is 0 Å². The number of nitrogens with zero attached hydrogens (tertiary/aromatic N) is 2. The van der Waals surface area contributed by atoms with Crippen molar-refractivity contribution in [3.05, 3.63) is 109 Å². The number of hydrogen-bond acceptors (Lipinski definition) is 2. The van der Waals surface area contributed by atoms with E-state index in [-0.39, 0.29) is 0 Å². The van der Waals surface area contributed by atoms with Crippen LogP contribution in [-0.2, 0) is 0 Å². The van der Waals surface area contributed by atoms with Crippen LogP contribution >= 0.6 is 0 Å². The number of rotatable bonds is 3. The van der Waals surface area contributed by atoms with E-state index in [4.69, 9.17) is 4.98 Å². The van der Waals surface area contributed by atoms with Gasteiger partial charge in [-0.25, -0.2) is 4.98 Å². The summed E-state index contributed by atoms with van der Waals surface area (Å²) in [5.41, 5.74) is 5.38. The van der Waals surface area contributed by atoms with Crippen molar-refractivity contribution < 1.29 is 0 Å². The Morgan fingerprint density at radius 1 is 0.444 bits per heavy atom. The van der Waals surface area contributed by atoms with E-state index in [1.807, 2.05) is 18.2 Å². The average molecular weight is 346 g/mol. The Labute approximate surface area is 158 Å². The van der Waals surface area contributed by atoms with Crippen LogP contribution < -0.4 is 4.90 Å². The van der Waals surface area contributed by atoms with Gasteiger partial charge in [0.2, 0.25) is 0 Å². The molecule has 0 N–H and O–H groups in total. The van der Waals surface area contributed by atoms with Gasteiger partial charge >= 0.3 is 0 Å². The first kappa shape index (κ1) is 15.6. The van der Waals surface area contributed by atoms with E-state index < -0.39 is 0 Å². The highest BCUT2D eigenvalue weighted by atomic mass is 15.1. The summed E-state index contributed by atoms with van der Waals surface area (Å²) in [5.74, 6) is 0. The molecular formula is C25H18N2. The van der Waals surface area contributed by atoms with Crippen molar-refractivity contribution in [3.8, 4) is 0 Å². The molecule has 0 aliphatic heterocycles. The minimum Gasteiger partial charge on any atom is -0.310 e. The molecule has 0 aliphatic rings. The molecular weight excluding hydrogens is 328 g/mol. The summed E-state index contributed by atoms with van der Waals surface area (Å²) in [5, 5.41) is 2.32. The Kier molecular flexibility index (Phi) is 3.80. The molecule has 5 aromatic rings. The van der Waals surface area contributed by atoms with Crippen molar-refractivity contribution in [3.63, 3.8) is 0 Å². The molecule has 5 rings (SSSR count). The minimum atomic E-state index is 1.00. The Balaban J connectivity index is 1.71. The molecule has 1 aromatic heterocycles. The van der Waals surface area contributed by atoms with Crippen molar-refractivity contribution in [2.24, 2.45) is 0 Å². The number of hydrogen-bond donors (Lipinski definition) is 0. The maximum Gasteiger partial charge on any atom is 0.0730 e. The Hall–Kier alpha value is -3.65. The highest BCUT2D eigenvalue weighted by Gasteiger charge is 2.12. The summed E-state index contributed by atoms with van der Waals surface area (Å²) in [6, 6.07) is 37.8. The third-order valence-electron chi connectivity index (χ3n) is 4.79. The van der Waals surface area contributed by atoms with E-state index in [0.717, 1.165) is 33.5 Å². The second-order valence-electron chi connectivity index (χ2n) is 6.56. The monoisotopic (exact) mass is 346 g/mol. The molecule has 27 heavy (non-hydrogen) atoms. The molecule has 4 aromatic carbocycles. The molecule has 0 saturated carbocycles. The highest BCUT2D eigenvalue weighted by molar-refractivity contribution is 5.95. The predicted octanol–water partition coefficient (Wildman–Crippen LogP) is 6.86. The van der Waals surface area contributed by atoms with E-state index in [1.165, 1.54) is 5.39 Å². The molecule has 1 heterocycles. The zero-order valence-electron chi connectivity index (χ0n) is 14.8. The summed E-state index contributed by atoms with van der Waals surface area (Å²) >= 11 is 0. The summed E-state index contributed by atoms with van der Waals surface area (Å²) < 4.78 is 0. The van der Waals surface area contributed by atoms with Crippen molar-refractivity contribution in [2.75, 3.05) is 4.90 Å². The highest BCUT2D eigenvalue weighted by Crippen LogP contribution is 2.35.